The number of carbonyl (C=O) groups excluding carboxylic acids is 2. The second-order valence-electron chi connectivity index (χ2n) is 6.65. The van der Waals surface area contributed by atoms with Crippen LogP contribution in [0.15, 0.2) is 41.1 Å². The highest BCUT2D eigenvalue weighted by atomic mass is 16.5. The summed E-state index contributed by atoms with van der Waals surface area (Å²) in [7, 11) is 1.61. The summed E-state index contributed by atoms with van der Waals surface area (Å²) in [5, 5.41) is 9.66. The zero-order valence-corrected chi connectivity index (χ0v) is 17.8. The number of anilines is 1. The van der Waals surface area contributed by atoms with Gasteiger partial charge in [0.1, 0.15) is 11.4 Å². The first-order valence-corrected chi connectivity index (χ1v) is 10.0. The Bertz CT molecular complexity index is 1010. The smallest absolute Gasteiger partial charge is 0.340 e. The summed E-state index contributed by atoms with van der Waals surface area (Å²) < 4.78 is 15.4. The van der Waals surface area contributed by atoms with Crippen LogP contribution in [0.3, 0.4) is 0 Å². The summed E-state index contributed by atoms with van der Waals surface area (Å²) in [5.74, 6) is 0.479. The second-order valence-corrected chi connectivity index (χ2v) is 6.65. The summed E-state index contributed by atoms with van der Waals surface area (Å²) in [5.41, 5.74) is 2.75. The minimum Gasteiger partial charge on any atom is -0.497 e. The van der Waals surface area contributed by atoms with Crippen LogP contribution >= 0.6 is 0 Å². The van der Waals surface area contributed by atoms with Crippen molar-refractivity contribution in [2.24, 2.45) is 0 Å². The van der Waals surface area contributed by atoms with Crippen LogP contribution < -0.4 is 15.4 Å². The van der Waals surface area contributed by atoms with Crippen LogP contribution in [-0.2, 0) is 24.2 Å². The van der Waals surface area contributed by atoms with Crippen molar-refractivity contribution >= 4 is 17.6 Å². The van der Waals surface area contributed by atoms with E-state index in [9.17, 15) is 9.59 Å². The van der Waals surface area contributed by atoms with Crippen molar-refractivity contribution in [3.05, 3.63) is 64.8 Å². The first kappa shape index (κ1) is 21.9. The maximum absolute atomic E-state index is 12.8. The van der Waals surface area contributed by atoms with Crippen LogP contribution in [0.1, 0.15) is 51.7 Å². The molecule has 3 N–H and O–H groups in total. The lowest BCUT2D eigenvalue weighted by molar-refractivity contribution is 0.0524. The number of nitrogens with one attached hydrogen (secondary N) is 3. The molecule has 3 aromatic rings. The number of hydrogen-bond acceptors (Lipinski definition) is 7. The quantitative estimate of drug-likeness (QED) is 0.426. The molecule has 3 rings (SSSR count). The molecule has 0 saturated heterocycles. The molecule has 9 heteroatoms. The molecule has 164 valence electrons. The topological polar surface area (TPSA) is 118 Å². The maximum Gasteiger partial charge on any atom is 0.340 e. The van der Waals surface area contributed by atoms with Crippen molar-refractivity contribution in [1.29, 1.82) is 0 Å². The van der Waals surface area contributed by atoms with Crippen molar-refractivity contribution in [2.75, 3.05) is 19.0 Å². The first-order valence-electron chi connectivity index (χ1n) is 10.0. The van der Waals surface area contributed by atoms with Crippen LogP contribution in [0.5, 0.6) is 5.75 Å². The van der Waals surface area contributed by atoms with E-state index in [1.807, 2.05) is 31.2 Å². The fourth-order valence-corrected chi connectivity index (χ4v) is 3.21. The lowest BCUT2D eigenvalue weighted by Gasteiger charge is -2.09. The van der Waals surface area contributed by atoms with Crippen LogP contribution in [0.25, 0.3) is 0 Å². The van der Waals surface area contributed by atoms with Gasteiger partial charge in [-0.05, 0) is 43.2 Å². The van der Waals surface area contributed by atoms with Crippen LogP contribution in [0, 0.1) is 0 Å². The first-order chi connectivity index (χ1) is 15.1. The molecule has 0 aliphatic heterocycles. The molecule has 0 unspecified atom stereocenters. The van der Waals surface area contributed by atoms with Gasteiger partial charge in [0, 0.05) is 17.4 Å². The van der Waals surface area contributed by atoms with Gasteiger partial charge in [-0.15, -0.1) is 0 Å². The third-order valence-corrected chi connectivity index (χ3v) is 4.72. The molecule has 9 nitrogen and oxygen atoms in total. The fourth-order valence-electron chi connectivity index (χ4n) is 3.21. The third kappa shape index (κ3) is 5.25. The molecule has 0 radical (unpaired) electrons. The van der Waals surface area contributed by atoms with E-state index < -0.39 is 5.97 Å². The number of benzene rings is 1. The molecule has 0 aliphatic rings. The Morgan fingerprint density at radius 2 is 1.90 bits per heavy atom. The summed E-state index contributed by atoms with van der Waals surface area (Å²) in [6, 6.07) is 9.09. The number of methoxy groups -OCH3 is 1. The molecule has 0 bridgehead atoms. The molecular weight excluding hydrogens is 400 g/mol. The van der Waals surface area contributed by atoms with Crippen molar-refractivity contribution in [3.8, 4) is 5.75 Å². The summed E-state index contributed by atoms with van der Waals surface area (Å²) >= 11 is 0. The zero-order chi connectivity index (χ0) is 22.2. The molecule has 0 aliphatic carbocycles. The molecule has 0 fully saturated rings. The number of rotatable bonds is 10. The van der Waals surface area contributed by atoms with Gasteiger partial charge < -0.3 is 29.6 Å². The van der Waals surface area contributed by atoms with Crippen LogP contribution in [0.2, 0.25) is 0 Å². The predicted octanol–water partition coefficient (Wildman–Crippen LogP) is 3.29. The number of carbonyl (C=O) groups is 2. The molecule has 0 saturated carbocycles. The molecule has 2 aromatic heterocycles. The number of ether oxygens (including phenoxy) is 2. The zero-order valence-electron chi connectivity index (χ0n) is 17.8. The van der Waals surface area contributed by atoms with Gasteiger partial charge in [0.2, 0.25) is 0 Å². The van der Waals surface area contributed by atoms with Gasteiger partial charge in [-0.2, -0.15) is 0 Å². The molecule has 31 heavy (non-hydrogen) atoms. The normalized spacial score (nSPS) is 10.5. The van der Waals surface area contributed by atoms with Gasteiger partial charge in [-0.1, -0.05) is 12.1 Å². The van der Waals surface area contributed by atoms with Gasteiger partial charge in [0.15, 0.2) is 5.76 Å². The van der Waals surface area contributed by atoms with Gasteiger partial charge in [-0.25, -0.2) is 4.79 Å². The SMILES string of the molecule is CCOC(=O)c1c(CNc2ccc(OC)cc2)[nH]c(C(=O)NCc2ccno2)c1CC. The molecule has 2 heterocycles. The minimum atomic E-state index is -0.462. The maximum atomic E-state index is 12.8. The monoisotopic (exact) mass is 426 g/mol. The Labute approximate surface area is 180 Å². The van der Waals surface area contributed by atoms with Crippen molar-refractivity contribution in [3.63, 3.8) is 0 Å². The van der Waals surface area contributed by atoms with E-state index in [-0.39, 0.29) is 19.1 Å². The molecule has 1 aromatic carbocycles. The van der Waals surface area contributed by atoms with Crippen molar-refractivity contribution < 1.29 is 23.6 Å². The second kappa shape index (κ2) is 10.3. The van der Waals surface area contributed by atoms with Gasteiger partial charge in [0.25, 0.3) is 5.91 Å². The largest absolute Gasteiger partial charge is 0.497 e. The van der Waals surface area contributed by atoms with E-state index in [1.54, 1.807) is 20.1 Å². The lowest BCUT2D eigenvalue weighted by atomic mass is 10.1. The van der Waals surface area contributed by atoms with E-state index in [2.05, 4.69) is 20.8 Å². The Hall–Kier alpha value is -3.75. The van der Waals surface area contributed by atoms with E-state index in [0.717, 1.165) is 11.4 Å². The van der Waals surface area contributed by atoms with E-state index >= 15 is 0 Å². The number of aromatic amines is 1. The average Bonchev–Trinajstić information content (AvgIpc) is 3.44. The third-order valence-electron chi connectivity index (χ3n) is 4.72. The summed E-state index contributed by atoms with van der Waals surface area (Å²) in [6.07, 6.45) is 1.99. The highest BCUT2D eigenvalue weighted by Crippen LogP contribution is 2.23. The predicted molar refractivity (Wildman–Crippen MR) is 114 cm³/mol. The molecule has 1 amide bonds. The molecule has 0 spiro atoms. The summed E-state index contributed by atoms with van der Waals surface area (Å²) in [4.78, 5) is 28.6. The van der Waals surface area contributed by atoms with E-state index in [0.29, 0.717) is 41.2 Å². The van der Waals surface area contributed by atoms with Crippen molar-refractivity contribution in [1.82, 2.24) is 15.5 Å². The Balaban J connectivity index is 1.84. The number of esters is 1. The van der Waals surface area contributed by atoms with Gasteiger partial charge >= 0.3 is 5.97 Å². The average molecular weight is 426 g/mol. The Kier molecular flexibility index (Phi) is 7.31. The number of H-pyrrole nitrogens is 1. The van der Waals surface area contributed by atoms with Gasteiger partial charge in [0.05, 0.1) is 38.6 Å². The van der Waals surface area contributed by atoms with Crippen molar-refractivity contribution in [2.45, 2.75) is 33.4 Å². The Morgan fingerprint density at radius 3 is 2.52 bits per heavy atom. The van der Waals surface area contributed by atoms with Crippen LogP contribution in [0.4, 0.5) is 5.69 Å². The van der Waals surface area contributed by atoms with E-state index in [4.69, 9.17) is 14.0 Å². The highest BCUT2D eigenvalue weighted by Gasteiger charge is 2.26. The summed E-state index contributed by atoms with van der Waals surface area (Å²) in [6.45, 7) is 4.37. The van der Waals surface area contributed by atoms with E-state index in [1.165, 1.54) is 6.20 Å². The standard InChI is InChI=1S/C22H26N4O5/c1-4-17-19(22(28)30-5-2)18(13-23-14-6-8-15(29-3)9-7-14)26-20(17)21(27)24-12-16-10-11-25-31-16/h6-11,23,26H,4-5,12-13H2,1-3H3,(H,24,27). The number of amides is 1. The number of hydrogen-bond donors (Lipinski definition) is 3. The van der Waals surface area contributed by atoms with Gasteiger partial charge in [-0.3, -0.25) is 4.79 Å². The number of nitrogens with zero attached hydrogens (tertiary/aromatic N) is 1. The minimum absolute atomic E-state index is 0.190. The highest BCUT2D eigenvalue weighted by molar-refractivity contribution is 6.00. The fraction of sp³-hybridized carbons (Fsp3) is 0.318. The lowest BCUT2D eigenvalue weighted by Crippen LogP contribution is -2.24. The molecule has 0 atom stereocenters. The van der Waals surface area contributed by atoms with Crippen LogP contribution in [-0.4, -0.2) is 35.7 Å². The molecular formula is C22H26N4O5. The number of aromatic nitrogens is 2. The Morgan fingerprint density at radius 1 is 1.13 bits per heavy atom.